The third-order valence-corrected chi connectivity index (χ3v) is 5.03. The first-order chi connectivity index (χ1) is 10.6. The zero-order valence-corrected chi connectivity index (χ0v) is 13.2. The Labute approximate surface area is 133 Å². The monoisotopic (exact) mass is 316 g/mol. The second-order valence-corrected chi connectivity index (χ2v) is 6.57. The number of amides is 1. The number of nitrogens with zero attached hydrogens (tertiary/aromatic N) is 4. The molecule has 1 fully saturated rings. The molecule has 1 saturated carbocycles. The lowest BCUT2D eigenvalue weighted by Gasteiger charge is -2.31. The Hall–Kier alpha value is -1.88. The predicted molar refractivity (Wildman–Crippen MR) is 82.5 cm³/mol. The molecule has 2 aromatic rings. The van der Waals surface area contributed by atoms with E-state index in [4.69, 9.17) is 11.6 Å². The van der Waals surface area contributed by atoms with Crippen LogP contribution in [-0.2, 0) is 23.3 Å². The molecule has 1 aromatic heterocycles. The van der Waals surface area contributed by atoms with Crippen LogP contribution in [0.5, 0.6) is 0 Å². The molecule has 0 spiro atoms. The Morgan fingerprint density at radius 2 is 1.91 bits per heavy atom. The van der Waals surface area contributed by atoms with Gasteiger partial charge in [0.2, 0.25) is 5.91 Å². The van der Waals surface area contributed by atoms with Gasteiger partial charge in [0.1, 0.15) is 5.82 Å². The first-order valence-electron chi connectivity index (χ1n) is 7.54. The number of carbonyl (C=O) groups is 1. The predicted octanol–water partition coefficient (Wildman–Crippen LogP) is 2.31. The summed E-state index contributed by atoms with van der Waals surface area (Å²) in [4.78, 5) is 14.9. The Morgan fingerprint density at radius 3 is 2.59 bits per heavy atom. The highest BCUT2D eigenvalue weighted by atomic mass is 35.5. The second kappa shape index (κ2) is 4.81. The van der Waals surface area contributed by atoms with E-state index in [1.54, 1.807) is 0 Å². The van der Waals surface area contributed by atoms with Gasteiger partial charge < -0.3 is 9.47 Å². The topological polar surface area (TPSA) is 51.0 Å². The van der Waals surface area contributed by atoms with Gasteiger partial charge in [-0.1, -0.05) is 23.7 Å². The molecule has 0 radical (unpaired) electrons. The number of aryl methyl sites for hydroxylation is 1. The number of rotatable bonds is 2. The van der Waals surface area contributed by atoms with Crippen LogP contribution in [0.1, 0.15) is 30.1 Å². The summed E-state index contributed by atoms with van der Waals surface area (Å²) in [7, 11) is 0. The number of hydrogen-bond donors (Lipinski definition) is 0. The normalized spacial score (nSPS) is 18.9. The lowest BCUT2D eigenvalue weighted by molar-refractivity contribution is -0.135. The molecular weight excluding hydrogens is 300 g/mol. The summed E-state index contributed by atoms with van der Waals surface area (Å²) in [6.07, 6.45) is 1.82. The highest BCUT2D eigenvalue weighted by Crippen LogP contribution is 2.50. The quantitative estimate of drug-likeness (QED) is 0.854. The van der Waals surface area contributed by atoms with E-state index in [1.165, 1.54) is 0 Å². The lowest BCUT2D eigenvalue weighted by Crippen LogP contribution is -2.44. The SMILES string of the molecule is Cc1nnc2n1CCN(C(=O)C1(c3ccc(Cl)cc3)CC1)C2. The van der Waals surface area contributed by atoms with Gasteiger partial charge in [0.25, 0.3) is 0 Å². The van der Waals surface area contributed by atoms with Crippen LogP contribution < -0.4 is 0 Å². The van der Waals surface area contributed by atoms with Crippen molar-refractivity contribution in [1.82, 2.24) is 19.7 Å². The molecule has 114 valence electrons. The first kappa shape index (κ1) is 13.8. The van der Waals surface area contributed by atoms with E-state index in [-0.39, 0.29) is 11.3 Å². The molecule has 0 N–H and O–H groups in total. The van der Waals surface area contributed by atoms with Crippen LogP contribution >= 0.6 is 11.6 Å². The molecular formula is C16H17ClN4O. The van der Waals surface area contributed by atoms with Crippen LogP contribution in [0.25, 0.3) is 0 Å². The Morgan fingerprint density at radius 1 is 1.18 bits per heavy atom. The minimum atomic E-state index is -0.345. The largest absolute Gasteiger partial charge is 0.333 e. The van der Waals surface area contributed by atoms with E-state index < -0.39 is 0 Å². The molecule has 6 heteroatoms. The standard InChI is InChI=1S/C16H17ClN4O/c1-11-18-19-14-10-20(8-9-21(11)14)15(22)16(6-7-16)12-2-4-13(17)5-3-12/h2-5H,6-10H2,1H3. The van der Waals surface area contributed by atoms with Crippen LogP contribution in [0, 0.1) is 6.92 Å². The molecule has 4 rings (SSSR count). The number of benzene rings is 1. The summed E-state index contributed by atoms with van der Waals surface area (Å²) in [6, 6.07) is 7.68. The average molecular weight is 317 g/mol. The summed E-state index contributed by atoms with van der Waals surface area (Å²) in [5, 5.41) is 8.98. The van der Waals surface area contributed by atoms with E-state index in [0.29, 0.717) is 11.6 Å². The second-order valence-electron chi connectivity index (χ2n) is 6.13. The van der Waals surface area contributed by atoms with Gasteiger partial charge in [-0.15, -0.1) is 10.2 Å². The van der Waals surface area contributed by atoms with Crippen LogP contribution in [0.3, 0.4) is 0 Å². The molecule has 1 aliphatic heterocycles. The fraction of sp³-hybridized carbons (Fsp3) is 0.438. The summed E-state index contributed by atoms with van der Waals surface area (Å²) in [5.41, 5.74) is 0.729. The summed E-state index contributed by atoms with van der Waals surface area (Å²) in [6.45, 7) is 4.00. The van der Waals surface area contributed by atoms with Gasteiger partial charge in [0.05, 0.1) is 12.0 Å². The molecule has 2 heterocycles. The minimum Gasteiger partial charge on any atom is -0.333 e. The zero-order valence-electron chi connectivity index (χ0n) is 12.4. The van der Waals surface area contributed by atoms with Crippen molar-refractivity contribution >= 4 is 17.5 Å². The summed E-state index contributed by atoms with van der Waals surface area (Å²) >= 11 is 5.96. The fourth-order valence-corrected chi connectivity index (χ4v) is 3.43. The van der Waals surface area contributed by atoms with Gasteiger partial charge in [-0.3, -0.25) is 4.79 Å². The highest BCUT2D eigenvalue weighted by Gasteiger charge is 2.53. The van der Waals surface area contributed by atoms with Gasteiger partial charge in [-0.05, 0) is 37.5 Å². The van der Waals surface area contributed by atoms with Crippen molar-refractivity contribution in [3.8, 4) is 0 Å². The third-order valence-electron chi connectivity index (χ3n) is 4.78. The van der Waals surface area contributed by atoms with E-state index in [9.17, 15) is 4.79 Å². The Balaban J connectivity index is 1.59. The van der Waals surface area contributed by atoms with E-state index >= 15 is 0 Å². The van der Waals surface area contributed by atoms with Crippen molar-refractivity contribution in [1.29, 1.82) is 0 Å². The van der Waals surface area contributed by atoms with Crippen LogP contribution in [0.4, 0.5) is 0 Å². The number of fused-ring (bicyclic) bond motifs is 1. The molecule has 0 unspecified atom stereocenters. The van der Waals surface area contributed by atoms with Gasteiger partial charge in [-0.25, -0.2) is 0 Å². The van der Waals surface area contributed by atoms with Crippen molar-refractivity contribution in [2.75, 3.05) is 6.54 Å². The molecule has 0 bridgehead atoms. The molecule has 1 aromatic carbocycles. The first-order valence-corrected chi connectivity index (χ1v) is 7.92. The smallest absolute Gasteiger partial charge is 0.233 e. The number of halogens is 1. The lowest BCUT2D eigenvalue weighted by atomic mass is 9.94. The molecule has 22 heavy (non-hydrogen) atoms. The van der Waals surface area contributed by atoms with Crippen LogP contribution in [0.2, 0.25) is 5.02 Å². The number of aromatic nitrogens is 3. The summed E-state index contributed by atoms with van der Waals surface area (Å²) < 4.78 is 2.09. The summed E-state index contributed by atoms with van der Waals surface area (Å²) in [5.74, 6) is 2.01. The van der Waals surface area contributed by atoms with Gasteiger partial charge in [0, 0.05) is 18.1 Å². The van der Waals surface area contributed by atoms with Crippen molar-refractivity contribution < 1.29 is 4.79 Å². The maximum Gasteiger partial charge on any atom is 0.233 e. The van der Waals surface area contributed by atoms with Crippen molar-refractivity contribution in [3.63, 3.8) is 0 Å². The molecule has 0 atom stereocenters. The fourth-order valence-electron chi connectivity index (χ4n) is 3.30. The highest BCUT2D eigenvalue weighted by molar-refractivity contribution is 6.30. The van der Waals surface area contributed by atoms with Crippen LogP contribution in [-0.4, -0.2) is 32.1 Å². The van der Waals surface area contributed by atoms with E-state index in [2.05, 4.69) is 14.8 Å². The zero-order chi connectivity index (χ0) is 15.3. The van der Waals surface area contributed by atoms with Crippen molar-refractivity contribution in [2.24, 2.45) is 0 Å². The average Bonchev–Trinajstić information content (AvgIpc) is 3.26. The van der Waals surface area contributed by atoms with Gasteiger partial charge in [0.15, 0.2) is 5.82 Å². The molecule has 1 amide bonds. The van der Waals surface area contributed by atoms with Crippen molar-refractivity contribution in [2.45, 2.75) is 38.3 Å². The van der Waals surface area contributed by atoms with Gasteiger partial charge in [-0.2, -0.15) is 0 Å². The third kappa shape index (κ3) is 2.03. The van der Waals surface area contributed by atoms with Gasteiger partial charge >= 0.3 is 0 Å². The van der Waals surface area contributed by atoms with Crippen LogP contribution in [0.15, 0.2) is 24.3 Å². The molecule has 1 aliphatic carbocycles. The maximum absolute atomic E-state index is 13.0. The van der Waals surface area contributed by atoms with Crippen molar-refractivity contribution in [3.05, 3.63) is 46.5 Å². The molecule has 0 saturated heterocycles. The molecule has 2 aliphatic rings. The Kier molecular flexibility index (Phi) is 3.01. The maximum atomic E-state index is 13.0. The minimum absolute atomic E-state index is 0.210. The van der Waals surface area contributed by atoms with E-state index in [1.807, 2.05) is 36.1 Å². The number of carbonyl (C=O) groups excluding carboxylic acids is 1. The Bertz CT molecular complexity index is 733. The number of hydrogen-bond acceptors (Lipinski definition) is 3. The molecule has 5 nitrogen and oxygen atoms in total. The van der Waals surface area contributed by atoms with E-state index in [0.717, 1.165) is 43.1 Å².